The Balaban J connectivity index is 1.77. The van der Waals surface area contributed by atoms with Gasteiger partial charge in [0.1, 0.15) is 5.54 Å². The van der Waals surface area contributed by atoms with Crippen molar-refractivity contribution in [2.75, 3.05) is 32.8 Å². The van der Waals surface area contributed by atoms with E-state index in [2.05, 4.69) is 17.1 Å². The van der Waals surface area contributed by atoms with Gasteiger partial charge in [0.15, 0.2) is 0 Å². The number of rotatable bonds is 8. The fourth-order valence-electron chi connectivity index (χ4n) is 3.42. The zero-order chi connectivity index (χ0) is 16.0. The second-order valence-electron chi connectivity index (χ2n) is 6.45. The van der Waals surface area contributed by atoms with Crippen molar-refractivity contribution in [1.29, 1.82) is 0 Å². The largest absolute Gasteiger partial charge is 0.395 e. The lowest BCUT2D eigenvalue weighted by molar-refractivity contribution is -0.133. The molecule has 0 aromatic rings. The summed E-state index contributed by atoms with van der Waals surface area (Å²) in [5, 5.41) is 11.8. The molecule has 2 N–H and O–H groups in total. The molecule has 126 valence electrons. The second kappa shape index (κ2) is 7.92. The van der Waals surface area contributed by atoms with Crippen LogP contribution in [0.4, 0.5) is 4.79 Å². The van der Waals surface area contributed by atoms with Crippen LogP contribution in [0.15, 0.2) is 0 Å². The third kappa shape index (κ3) is 3.79. The first-order chi connectivity index (χ1) is 10.6. The van der Waals surface area contributed by atoms with Crippen molar-refractivity contribution >= 4 is 11.9 Å². The van der Waals surface area contributed by atoms with Gasteiger partial charge in [-0.25, -0.2) is 4.79 Å². The summed E-state index contributed by atoms with van der Waals surface area (Å²) in [6, 6.07) is -0.355. The summed E-state index contributed by atoms with van der Waals surface area (Å²) in [6.07, 6.45) is 7.71. The molecule has 0 unspecified atom stereocenters. The van der Waals surface area contributed by atoms with Crippen molar-refractivity contribution < 1.29 is 14.7 Å². The Morgan fingerprint density at radius 3 is 2.41 bits per heavy atom. The molecule has 0 aromatic carbocycles. The standard InChI is InChI=1S/C16H29N3O3/c1-2-3-4-5-6-9-18-10-7-16(8-11-18)14(21)19(12-13-20)15(22)17-16/h20H,2-13H2,1H3,(H,17,22). The minimum atomic E-state index is -0.717. The van der Waals surface area contributed by atoms with Crippen LogP contribution in [0.5, 0.6) is 0 Å². The molecular weight excluding hydrogens is 282 g/mol. The van der Waals surface area contributed by atoms with Crippen LogP contribution in [0.2, 0.25) is 0 Å². The third-order valence-electron chi connectivity index (χ3n) is 4.86. The first-order valence-corrected chi connectivity index (χ1v) is 8.60. The molecule has 0 bridgehead atoms. The number of urea groups is 1. The number of likely N-dealkylation sites (tertiary alicyclic amines) is 1. The summed E-state index contributed by atoms with van der Waals surface area (Å²) in [5.74, 6) is -0.158. The number of aliphatic hydroxyl groups excluding tert-OH is 1. The van der Waals surface area contributed by atoms with Crippen LogP contribution in [0.1, 0.15) is 51.9 Å². The van der Waals surface area contributed by atoms with E-state index in [0.717, 1.165) is 24.5 Å². The molecular formula is C16H29N3O3. The van der Waals surface area contributed by atoms with Gasteiger partial charge in [-0.1, -0.05) is 32.6 Å². The SMILES string of the molecule is CCCCCCCN1CCC2(CC1)NC(=O)N(CCO)C2=O. The van der Waals surface area contributed by atoms with E-state index in [1.54, 1.807) is 0 Å². The molecule has 2 heterocycles. The van der Waals surface area contributed by atoms with Crippen LogP contribution in [-0.4, -0.2) is 65.2 Å². The number of amides is 3. The van der Waals surface area contributed by atoms with Crippen molar-refractivity contribution in [3.8, 4) is 0 Å². The highest BCUT2D eigenvalue weighted by Gasteiger charge is 2.51. The van der Waals surface area contributed by atoms with E-state index in [9.17, 15) is 9.59 Å². The number of piperidine rings is 1. The highest BCUT2D eigenvalue weighted by molar-refractivity contribution is 6.07. The topological polar surface area (TPSA) is 72.9 Å². The van der Waals surface area contributed by atoms with E-state index in [0.29, 0.717) is 12.8 Å². The zero-order valence-corrected chi connectivity index (χ0v) is 13.6. The monoisotopic (exact) mass is 311 g/mol. The first kappa shape index (κ1) is 17.2. The minimum absolute atomic E-state index is 0.0908. The van der Waals surface area contributed by atoms with Gasteiger partial charge in [-0.05, 0) is 25.8 Å². The molecule has 6 heteroatoms. The fourth-order valence-corrected chi connectivity index (χ4v) is 3.42. The molecule has 2 fully saturated rings. The van der Waals surface area contributed by atoms with Gasteiger partial charge in [0.25, 0.3) is 5.91 Å². The highest BCUT2D eigenvalue weighted by Crippen LogP contribution is 2.29. The van der Waals surface area contributed by atoms with Gasteiger partial charge < -0.3 is 15.3 Å². The van der Waals surface area contributed by atoms with E-state index >= 15 is 0 Å². The molecule has 0 aliphatic carbocycles. The summed E-state index contributed by atoms with van der Waals surface area (Å²) in [4.78, 5) is 27.9. The van der Waals surface area contributed by atoms with Crippen molar-refractivity contribution in [1.82, 2.24) is 15.1 Å². The van der Waals surface area contributed by atoms with Gasteiger partial charge in [0.05, 0.1) is 13.2 Å². The Bertz CT molecular complexity index is 392. The summed E-state index contributed by atoms with van der Waals surface area (Å²) in [5.41, 5.74) is -0.717. The number of nitrogens with one attached hydrogen (secondary N) is 1. The van der Waals surface area contributed by atoms with Crippen LogP contribution >= 0.6 is 0 Å². The molecule has 2 saturated heterocycles. The van der Waals surface area contributed by atoms with E-state index in [1.165, 1.54) is 32.1 Å². The number of hydrogen-bond donors (Lipinski definition) is 2. The smallest absolute Gasteiger partial charge is 0.325 e. The lowest BCUT2D eigenvalue weighted by atomic mass is 9.87. The van der Waals surface area contributed by atoms with Crippen LogP contribution < -0.4 is 5.32 Å². The van der Waals surface area contributed by atoms with Crippen LogP contribution in [0.3, 0.4) is 0 Å². The summed E-state index contributed by atoms with van der Waals surface area (Å²) in [6.45, 7) is 4.92. The summed E-state index contributed by atoms with van der Waals surface area (Å²) < 4.78 is 0. The van der Waals surface area contributed by atoms with Crippen molar-refractivity contribution in [3.63, 3.8) is 0 Å². The molecule has 0 radical (unpaired) electrons. The van der Waals surface area contributed by atoms with Gasteiger partial charge in [-0.2, -0.15) is 0 Å². The Kier molecular flexibility index (Phi) is 6.20. The molecule has 1 spiro atoms. The van der Waals surface area contributed by atoms with Crippen LogP contribution in [0.25, 0.3) is 0 Å². The first-order valence-electron chi connectivity index (χ1n) is 8.60. The average molecular weight is 311 g/mol. The lowest BCUT2D eigenvalue weighted by Gasteiger charge is -2.37. The Labute approximate surface area is 132 Å². The number of nitrogens with zero attached hydrogens (tertiary/aromatic N) is 2. The predicted octanol–water partition coefficient (Wildman–Crippen LogP) is 1.34. The maximum absolute atomic E-state index is 12.4. The van der Waals surface area contributed by atoms with Crippen LogP contribution in [0, 0.1) is 0 Å². The van der Waals surface area contributed by atoms with E-state index in [1.807, 2.05) is 0 Å². The normalized spacial score (nSPS) is 21.6. The molecule has 6 nitrogen and oxygen atoms in total. The quantitative estimate of drug-likeness (QED) is 0.524. The number of β-amino-alcohol motifs (C(OH)–C–C–N with tert-alkyl or cyclic N) is 1. The molecule has 0 aromatic heterocycles. The van der Waals surface area contributed by atoms with E-state index in [-0.39, 0.29) is 25.1 Å². The highest BCUT2D eigenvalue weighted by atomic mass is 16.3. The third-order valence-corrected chi connectivity index (χ3v) is 4.86. The number of carbonyl (C=O) groups is 2. The van der Waals surface area contributed by atoms with Crippen LogP contribution in [-0.2, 0) is 4.79 Å². The van der Waals surface area contributed by atoms with E-state index < -0.39 is 5.54 Å². The minimum Gasteiger partial charge on any atom is -0.395 e. The molecule has 22 heavy (non-hydrogen) atoms. The van der Waals surface area contributed by atoms with E-state index in [4.69, 9.17) is 5.11 Å². The number of imide groups is 1. The zero-order valence-electron chi connectivity index (χ0n) is 13.6. The van der Waals surface area contributed by atoms with Gasteiger partial charge >= 0.3 is 6.03 Å². The molecule has 2 rings (SSSR count). The lowest BCUT2D eigenvalue weighted by Crippen LogP contribution is -2.55. The number of hydrogen-bond acceptors (Lipinski definition) is 4. The maximum Gasteiger partial charge on any atom is 0.325 e. The number of carbonyl (C=O) groups excluding carboxylic acids is 2. The maximum atomic E-state index is 12.4. The fraction of sp³-hybridized carbons (Fsp3) is 0.875. The summed E-state index contributed by atoms with van der Waals surface area (Å²) >= 11 is 0. The number of aliphatic hydroxyl groups is 1. The molecule has 3 amide bonds. The Morgan fingerprint density at radius 2 is 1.77 bits per heavy atom. The second-order valence-corrected chi connectivity index (χ2v) is 6.45. The summed E-state index contributed by atoms with van der Waals surface area (Å²) in [7, 11) is 0. The van der Waals surface area contributed by atoms with Gasteiger partial charge in [-0.3, -0.25) is 9.69 Å². The van der Waals surface area contributed by atoms with Crippen molar-refractivity contribution in [2.24, 2.45) is 0 Å². The van der Waals surface area contributed by atoms with Crippen molar-refractivity contribution in [3.05, 3.63) is 0 Å². The molecule has 0 atom stereocenters. The number of unbranched alkanes of at least 4 members (excludes halogenated alkanes) is 4. The predicted molar refractivity (Wildman–Crippen MR) is 84.5 cm³/mol. The molecule has 2 aliphatic heterocycles. The molecule has 2 aliphatic rings. The van der Waals surface area contributed by atoms with Gasteiger partial charge in [0, 0.05) is 13.1 Å². The van der Waals surface area contributed by atoms with Gasteiger partial charge in [0.2, 0.25) is 0 Å². The average Bonchev–Trinajstić information content (AvgIpc) is 2.74. The Morgan fingerprint density at radius 1 is 1.09 bits per heavy atom. The van der Waals surface area contributed by atoms with Gasteiger partial charge in [-0.15, -0.1) is 0 Å². The van der Waals surface area contributed by atoms with Crippen molar-refractivity contribution in [2.45, 2.75) is 57.4 Å². The molecule has 0 saturated carbocycles. The Hall–Kier alpha value is -1.14.